The van der Waals surface area contributed by atoms with Crippen molar-refractivity contribution in [3.8, 4) is 0 Å². The van der Waals surface area contributed by atoms with Crippen LogP contribution in [0.2, 0.25) is 0 Å². The molecule has 26 heavy (non-hydrogen) atoms. The molecule has 8 heteroatoms. The smallest absolute Gasteiger partial charge is 0.344 e. The Balaban J connectivity index is 1.86. The van der Waals surface area contributed by atoms with E-state index in [2.05, 4.69) is 15.6 Å². The standard InChI is InChI=1S/C18H17N3O5/c1-10-9-14(21-25-10)19-17(22)16(13-7-5-4-6-8-13)24-18(23)15-11(2)20-26-12(15)3/h4-9,16H,1-3H3,(H,19,21,22)/t16-/m0/s1. The number of aryl methyl sites for hydroxylation is 3. The second kappa shape index (κ2) is 7.22. The molecule has 1 atom stereocenters. The Morgan fingerprint density at radius 2 is 1.81 bits per heavy atom. The van der Waals surface area contributed by atoms with Crippen LogP contribution in [0.1, 0.15) is 39.2 Å². The maximum atomic E-state index is 12.7. The van der Waals surface area contributed by atoms with Crippen molar-refractivity contribution in [1.29, 1.82) is 0 Å². The van der Waals surface area contributed by atoms with Gasteiger partial charge in [-0.05, 0) is 20.8 Å². The van der Waals surface area contributed by atoms with E-state index >= 15 is 0 Å². The third-order valence-corrected chi connectivity index (χ3v) is 3.68. The Labute approximate surface area is 149 Å². The number of aromatic nitrogens is 2. The summed E-state index contributed by atoms with van der Waals surface area (Å²) in [5, 5.41) is 10.0. The Bertz CT molecular complexity index is 910. The van der Waals surface area contributed by atoms with Crippen molar-refractivity contribution in [1.82, 2.24) is 10.3 Å². The van der Waals surface area contributed by atoms with Gasteiger partial charge in [-0.1, -0.05) is 40.6 Å². The number of hydrogen-bond acceptors (Lipinski definition) is 7. The molecule has 0 unspecified atom stereocenters. The summed E-state index contributed by atoms with van der Waals surface area (Å²) in [5.74, 6) is -0.135. The summed E-state index contributed by atoms with van der Waals surface area (Å²) in [5.41, 5.74) is 1.12. The van der Waals surface area contributed by atoms with Crippen LogP contribution in [0, 0.1) is 20.8 Å². The molecule has 0 fully saturated rings. The van der Waals surface area contributed by atoms with Gasteiger partial charge in [-0.3, -0.25) is 4.79 Å². The molecule has 8 nitrogen and oxygen atoms in total. The van der Waals surface area contributed by atoms with Gasteiger partial charge in [0.1, 0.15) is 17.1 Å². The van der Waals surface area contributed by atoms with E-state index in [0.717, 1.165) is 0 Å². The quantitative estimate of drug-likeness (QED) is 0.701. The summed E-state index contributed by atoms with van der Waals surface area (Å²) in [6, 6.07) is 10.3. The molecule has 3 aromatic rings. The summed E-state index contributed by atoms with van der Waals surface area (Å²) >= 11 is 0. The van der Waals surface area contributed by atoms with Gasteiger partial charge in [0.05, 0.1) is 5.69 Å². The van der Waals surface area contributed by atoms with Gasteiger partial charge in [0.25, 0.3) is 5.91 Å². The fourth-order valence-electron chi connectivity index (χ4n) is 2.46. The number of nitrogens with one attached hydrogen (secondary N) is 1. The van der Waals surface area contributed by atoms with Gasteiger partial charge < -0.3 is 19.1 Å². The third-order valence-electron chi connectivity index (χ3n) is 3.68. The molecule has 1 amide bonds. The molecule has 0 aliphatic heterocycles. The van der Waals surface area contributed by atoms with E-state index in [9.17, 15) is 9.59 Å². The highest BCUT2D eigenvalue weighted by molar-refractivity contribution is 5.98. The topological polar surface area (TPSA) is 107 Å². The first kappa shape index (κ1) is 17.4. The Morgan fingerprint density at radius 3 is 2.38 bits per heavy atom. The van der Waals surface area contributed by atoms with E-state index in [1.165, 1.54) is 0 Å². The maximum absolute atomic E-state index is 12.7. The number of rotatable bonds is 5. The SMILES string of the molecule is Cc1cc(NC(=O)[C@@H](OC(=O)c2c(C)noc2C)c2ccccc2)no1. The number of ether oxygens (including phenoxy) is 1. The molecule has 134 valence electrons. The summed E-state index contributed by atoms with van der Waals surface area (Å²) in [4.78, 5) is 25.2. The van der Waals surface area contributed by atoms with Gasteiger partial charge in [0, 0.05) is 11.6 Å². The largest absolute Gasteiger partial charge is 0.444 e. The van der Waals surface area contributed by atoms with E-state index in [-0.39, 0.29) is 11.4 Å². The number of esters is 1. The van der Waals surface area contributed by atoms with Crippen molar-refractivity contribution >= 4 is 17.7 Å². The molecular weight excluding hydrogens is 338 g/mol. The molecule has 2 aromatic heterocycles. The van der Waals surface area contributed by atoms with Crippen LogP contribution in [0.3, 0.4) is 0 Å². The van der Waals surface area contributed by atoms with Crippen LogP contribution < -0.4 is 5.32 Å². The number of hydrogen-bond donors (Lipinski definition) is 1. The summed E-state index contributed by atoms with van der Waals surface area (Å²) in [7, 11) is 0. The van der Waals surface area contributed by atoms with Gasteiger partial charge in [-0.2, -0.15) is 0 Å². The minimum absolute atomic E-state index is 0.205. The van der Waals surface area contributed by atoms with Crippen molar-refractivity contribution in [3.05, 3.63) is 64.7 Å². The summed E-state index contributed by atoms with van der Waals surface area (Å²) in [6.07, 6.45) is -1.17. The molecule has 0 saturated heterocycles. The lowest BCUT2D eigenvalue weighted by Gasteiger charge is -2.17. The molecule has 0 aliphatic rings. The molecule has 1 N–H and O–H groups in total. The number of carbonyl (C=O) groups excluding carboxylic acids is 2. The predicted octanol–water partition coefficient (Wildman–Crippen LogP) is 3.12. The van der Waals surface area contributed by atoms with E-state index < -0.39 is 18.0 Å². The average molecular weight is 355 g/mol. The lowest BCUT2D eigenvalue weighted by molar-refractivity contribution is -0.125. The van der Waals surface area contributed by atoms with Gasteiger partial charge in [-0.15, -0.1) is 0 Å². The normalized spacial score (nSPS) is 11.8. The van der Waals surface area contributed by atoms with Gasteiger partial charge in [0.2, 0.25) is 6.10 Å². The molecule has 3 rings (SSSR count). The third kappa shape index (κ3) is 3.64. The first-order chi connectivity index (χ1) is 12.5. The van der Waals surface area contributed by atoms with Crippen molar-refractivity contribution < 1.29 is 23.4 Å². The zero-order chi connectivity index (χ0) is 18.7. The van der Waals surface area contributed by atoms with E-state index in [1.807, 2.05) is 0 Å². The van der Waals surface area contributed by atoms with Crippen molar-refractivity contribution in [2.24, 2.45) is 0 Å². The Kier molecular flexibility index (Phi) is 4.83. The zero-order valence-corrected chi connectivity index (χ0v) is 14.5. The zero-order valence-electron chi connectivity index (χ0n) is 14.5. The fraction of sp³-hybridized carbons (Fsp3) is 0.222. The van der Waals surface area contributed by atoms with Gasteiger partial charge in [-0.25, -0.2) is 4.79 Å². The maximum Gasteiger partial charge on any atom is 0.344 e. The van der Waals surface area contributed by atoms with Crippen molar-refractivity contribution in [2.75, 3.05) is 5.32 Å². The van der Waals surface area contributed by atoms with E-state index in [0.29, 0.717) is 22.8 Å². The minimum atomic E-state index is -1.17. The number of nitrogens with zero attached hydrogens (tertiary/aromatic N) is 2. The first-order valence-corrected chi connectivity index (χ1v) is 7.88. The van der Waals surface area contributed by atoms with Gasteiger partial charge >= 0.3 is 5.97 Å². The molecule has 2 heterocycles. The lowest BCUT2D eigenvalue weighted by atomic mass is 10.1. The van der Waals surface area contributed by atoms with E-state index in [1.54, 1.807) is 57.2 Å². The molecule has 0 aliphatic carbocycles. The number of benzene rings is 1. The number of amides is 1. The molecule has 0 bridgehead atoms. The highest BCUT2D eigenvalue weighted by Crippen LogP contribution is 2.23. The fourth-order valence-corrected chi connectivity index (χ4v) is 2.46. The molecule has 1 aromatic carbocycles. The van der Waals surface area contributed by atoms with Crippen LogP contribution in [0.15, 0.2) is 45.4 Å². The predicted molar refractivity (Wildman–Crippen MR) is 90.4 cm³/mol. The van der Waals surface area contributed by atoms with Gasteiger partial charge in [0.15, 0.2) is 5.82 Å². The molecular formula is C18H17N3O5. The number of anilines is 1. The summed E-state index contributed by atoms with van der Waals surface area (Å²) in [6.45, 7) is 4.93. The highest BCUT2D eigenvalue weighted by atomic mass is 16.6. The minimum Gasteiger partial charge on any atom is -0.444 e. The summed E-state index contributed by atoms with van der Waals surface area (Å²) < 4.78 is 15.4. The van der Waals surface area contributed by atoms with Crippen LogP contribution >= 0.6 is 0 Å². The van der Waals surface area contributed by atoms with Crippen LogP contribution in [0.5, 0.6) is 0 Å². The van der Waals surface area contributed by atoms with Crippen LogP contribution in [-0.4, -0.2) is 22.2 Å². The first-order valence-electron chi connectivity index (χ1n) is 7.88. The average Bonchev–Trinajstić information content (AvgIpc) is 3.18. The molecule has 0 radical (unpaired) electrons. The Hall–Kier alpha value is -3.42. The Morgan fingerprint density at radius 1 is 1.08 bits per heavy atom. The van der Waals surface area contributed by atoms with Crippen LogP contribution in [0.4, 0.5) is 5.82 Å². The second-order valence-corrected chi connectivity index (χ2v) is 5.71. The second-order valence-electron chi connectivity index (χ2n) is 5.71. The van der Waals surface area contributed by atoms with Crippen molar-refractivity contribution in [3.63, 3.8) is 0 Å². The highest BCUT2D eigenvalue weighted by Gasteiger charge is 2.29. The van der Waals surface area contributed by atoms with Crippen LogP contribution in [-0.2, 0) is 9.53 Å². The van der Waals surface area contributed by atoms with E-state index in [4.69, 9.17) is 13.8 Å². The molecule has 0 saturated carbocycles. The number of carbonyl (C=O) groups is 2. The van der Waals surface area contributed by atoms with Crippen LogP contribution in [0.25, 0.3) is 0 Å². The van der Waals surface area contributed by atoms with Crippen molar-refractivity contribution in [2.45, 2.75) is 26.9 Å². The molecule has 0 spiro atoms. The monoisotopic (exact) mass is 355 g/mol. The lowest BCUT2D eigenvalue weighted by Crippen LogP contribution is -2.26.